The molecule has 1 amide bonds. The van der Waals surface area contributed by atoms with Gasteiger partial charge in [-0.3, -0.25) is 14.5 Å². The first-order chi connectivity index (χ1) is 13.2. The van der Waals surface area contributed by atoms with Crippen LogP contribution in [0.1, 0.15) is 34.8 Å². The van der Waals surface area contributed by atoms with Crippen molar-refractivity contribution in [1.29, 1.82) is 0 Å². The molecule has 1 aliphatic carbocycles. The molecule has 1 aromatic heterocycles. The normalized spacial score (nSPS) is 20.3. The molecule has 1 aromatic carbocycles. The lowest BCUT2D eigenvalue weighted by molar-refractivity contribution is 0.0552. The third-order valence-corrected chi connectivity index (χ3v) is 6.02. The third-order valence-electron chi connectivity index (χ3n) is 6.02. The fourth-order valence-electron chi connectivity index (χ4n) is 4.37. The topological polar surface area (TPSA) is 45.6 Å². The zero-order valence-electron chi connectivity index (χ0n) is 15.9. The van der Waals surface area contributed by atoms with Crippen LogP contribution in [0.2, 0.25) is 0 Å². The van der Waals surface area contributed by atoms with Gasteiger partial charge in [0.25, 0.3) is 11.5 Å². The lowest BCUT2D eigenvalue weighted by Crippen LogP contribution is -2.53. The van der Waals surface area contributed by atoms with Gasteiger partial charge in [-0.2, -0.15) is 0 Å². The SMILES string of the molecule is CCn1ccc(C(=O)N2CCN(C3CCc4ccccc4C3)CC2)cc1=O. The highest BCUT2D eigenvalue weighted by molar-refractivity contribution is 5.94. The highest BCUT2D eigenvalue weighted by atomic mass is 16.2. The van der Waals surface area contributed by atoms with Crippen LogP contribution >= 0.6 is 0 Å². The van der Waals surface area contributed by atoms with Crippen molar-refractivity contribution in [3.63, 3.8) is 0 Å². The summed E-state index contributed by atoms with van der Waals surface area (Å²) in [6.45, 7) is 5.82. The molecular formula is C22H27N3O2. The smallest absolute Gasteiger partial charge is 0.254 e. The molecule has 1 atom stereocenters. The molecule has 1 saturated heterocycles. The van der Waals surface area contributed by atoms with Crippen molar-refractivity contribution >= 4 is 5.91 Å². The van der Waals surface area contributed by atoms with Crippen molar-refractivity contribution in [3.8, 4) is 0 Å². The van der Waals surface area contributed by atoms with Gasteiger partial charge in [0.15, 0.2) is 0 Å². The van der Waals surface area contributed by atoms with Crippen LogP contribution in [0.5, 0.6) is 0 Å². The van der Waals surface area contributed by atoms with Crippen molar-refractivity contribution in [3.05, 3.63) is 69.6 Å². The number of pyridine rings is 1. The Kier molecular flexibility index (Phi) is 5.12. The summed E-state index contributed by atoms with van der Waals surface area (Å²) in [7, 11) is 0. The van der Waals surface area contributed by atoms with E-state index >= 15 is 0 Å². The number of amides is 1. The van der Waals surface area contributed by atoms with Gasteiger partial charge in [-0.25, -0.2) is 0 Å². The lowest BCUT2D eigenvalue weighted by Gasteiger charge is -2.41. The number of benzene rings is 1. The van der Waals surface area contributed by atoms with E-state index in [1.54, 1.807) is 16.8 Å². The molecule has 0 radical (unpaired) electrons. The molecule has 2 heterocycles. The minimum atomic E-state index is -0.108. The molecule has 0 saturated carbocycles. The molecule has 0 N–H and O–H groups in total. The van der Waals surface area contributed by atoms with Gasteiger partial charge in [0.05, 0.1) is 0 Å². The number of hydrogen-bond acceptors (Lipinski definition) is 3. The van der Waals surface area contributed by atoms with Gasteiger partial charge in [-0.05, 0) is 43.4 Å². The van der Waals surface area contributed by atoms with E-state index in [1.165, 1.54) is 23.6 Å². The number of carbonyl (C=O) groups is 1. The van der Waals surface area contributed by atoms with E-state index in [4.69, 9.17) is 0 Å². The Morgan fingerprint density at radius 3 is 2.52 bits per heavy atom. The number of aryl methyl sites for hydroxylation is 2. The summed E-state index contributed by atoms with van der Waals surface area (Å²) in [6.07, 6.45) is 5.17. The number of aromatic nitrogens is 1. The molecule has 0 spiro atoms. The average Bonchev–Trinajstić information content (AvgIpc) is 2.73. The number of hydrogen-bond donors (Lipinski definition) is 0. The molecule has 1 unspecified atom stereocenters. The number of nitrogens with zero attached hydrogens (tertiary/aromatic N) is 3. The Labute approximate surface area is 160 Å². The Hall–Kier alpha value is -2.40. The van der Waals surface area contributed by atoms with Gasteiger partial charge in [0.2, 0.25) is 0 Å². The summed E-state index contributed by atoms with van der Waals surface area (Å²) < 4.78 is 1.61. The van der Waals surface area contributed by atoms with Crippen molar-refractivity contribution in [2.75, 3.05) is 26.2 Å². The van der Waals surface area contributed by atoms with Crippen LogP contribution in [0.25, 0.3) is 0 Å². The van der Waals surface area contributed by atoms with Crippen molar-refractivity contribution < 1.29 is 4.79 Å². The van der Waals surface area contributed by atoms with Crippen LogP contribution in [0.3, 0.4) is 0 Å². The number of rotatable bonds is 3. The van der Waals surface area contributed by atoms with E-state index in [0.29, 0.717) is 18.2 Å². The first kappa shape index (κ1) is 18.0. The maximum atomic E-state index is 12.8. The summed E-state index contributed by atoms with van der Waals surface area (Å²) in [5.74, 6) is -0.0241. The van der Waals surface area contributed by atoms with Crippen LogP contribution < -0.4 is 5.56 Å². The Morgan fingerprint density at radius 2 is 1.81 bits per heavy atom. The predicted molar refractivity (Wildman–Crippen MR) is 106 cm³/mol. The van der Waals surface area contributed by atoms with Gasteiger partial charge in [-0.1, -0.05) is 24.3 Å². The monoisotopic (exact) mass is 365 g/mol. The Balaban J connectivity index is 1.37. The van der Waals surface area contributed by atoms with E-state index in [9.17, 15) is 9.59 Å². The van der Waals surface area contributed by atoms with Crippen LogP contribution in [0, 0.1) is 0 Å². The zero-order valence-corrected chi connectivity index (χ0v) is 15.9. The van der Waals surface area contributed by atoms with Crippen molar-refractivity contribution in [2.24, 2.45) is 0 Å². The molecule has 5 heteroatoms. The molecule has 0 bridgehead atoms. The van der Waals surface area contributed by atoms with Gasteiger partial charge in [0.1, 0.15) is 0 Å². The quantitative estimate of drug-likeness (QED) is 0.838. The maximum absolute atomic E-state index is 12.8. The molecule has 1 aliphatic heterocycles. The molecular weight excluding hydrogens is 338 g/mol. The first-order valence-corrected chi connectivity index (χ1v) is 9.96. The molecule has 4 rings (SSSR count). The average molecular weight is 365 g/mol. The molecule has 142 valence electrons. The fraction of sp³-hybridized carbons (Fsp3) is 0.455. The summed E-state index contributed by atoms with van der Waals surface area (Å²) in [5, 5.41) is 0. The minimum absolute atomic E-state index is 0.0241. The number of fused-ring (bicyclic) bond motifs is 1. The van der Waals surface area contributed by atoms with E-state index in [2.05, 4.69) is 29.2 Å². The van der Waals surface area contributed by atoms with Crippen molar-refractivity contribution in [1.82, 2.24) is 14.4 Å². The summed E-state index contributed by atoms with van der Waals surface area (Å²) in [6, 6.07) is 12.6. The summed E-state index contributed by atoms with van der Waals surface area (Å²) in [4.78, 5) is 29.2. The molecule has 27 heavy (non-hydrogen) atoms. The van der Waals surface area contributed by atoms with Gasteiger partial charge < -0.3 is 9.47 Å². The standard InChI is InChI=1S/C22H27N3O2/c1-2-23-10-9-19(16-21(23)26)22(27)25-13-11-24(12-14-25)20-8-7-17-5-3-4-6-18(17)15-20/h3-6,9-10,16,20H,2,7-8,11-15H2,1H3. The van der Waals surface area contributed by atoms with Crippen LogP contribution in [0.4, 0.5) is 0 Å². The second kappa shape index (κ2) is 7.69. The summed E-state index contributed by atoms with van der Waals surface area (Å²) >= 11 is 0. The number of piperazine rings is 1. The zero-order chi connectivity index (χ0) is 18.8. The van der Waals surface area contributed by atoms with Crippen LogP contribution in [0.15, 0.2) is 47.4 Å². The molecule has 1 fully saturated rings. The lowest BCUT2D eigenvalue weighted by atomic mass is 9.87. The van der Waals surface area contributed by atoms with Gasteiger partial charge in [-0.15, -0.1) is 0 Å². The van der Waals surface area contributed by atoms with E-state index in [1.807, 2.05) is 11.8 Å². The second-order valence-corrected chi connectivity index (χ2v) is 7.53. The van der Waals surface area contributed by atoms with Crippen molar-refractivity contribution in [2.45, 2.75) is 38.8 Å². The maximum Gasteiger partial charge on any atom is 0.254 e. The predicted octanol–water partition coefficient (Wildman–Crippen LogP) is 2.18. The Bertz CT molecular complexity index is 881. The van der Waals surface area contributed by atoms with Crippen LogP contribution in [-0.4, -0.2) is 52.5 Å². The Morgan fingerprint density at radius 1 is 1.07 bits per heavy atom. The summed E-state index contributed by atoms with van der Waals surface area (Å²) in [5.41, 5.74) is 3.36. The van der Waals surface area contributed by atoms with Gasteiger partial charge in [0, 0.05) is 56.6 Å². The van der Waals surface area contributed by atoms with E-state index in [0.717, 1.165) is 39.0 Å². The van der Waals surface area contributed by atoms with Crippen LogP contribution in [-0.2, 0) is 19.4 Å². The molecule has 5 nitrogen and oxygen atoms in total. The highest BCUT2D eigenvalue weighted by Crippen LogP contribution is 2.25. The highest BCUT2D eigenvalue weighted by Gasteiger charge is 2.29. The minimum Gasteiger partial charge on any atom is -0.336 e. The third kappa shape index (κ3) is 3.69. The molecule has 2 aromatic rings. The second-order valence-electron chi connectivity index (χ2n) is 7.53. The van der Waals surface area contributed by atoms with E-state index < -0.39 is 0 Å². The molecule has 2 aliphatic rings. The van der Waals surface area contributed by atoms with E-state index in [-0.39, 0.29) is 11.5 Å². The largest absolute Gasteiger partial charge is 0.336 e. The number of carbonyl (C=O) groups excluding carboxylic acids is 1. The van der Waals surface area contributed by atoms with Gasteiger partial charge >= 0.3 is 0 Å². The first-order valence-electron chi connectivity index (χ1n) is 9.96. The fourth-order valence-corrected chi connectivity index (χ4v) is 4.37.